The summed E-state index contributed by atoms with van der Waals surface area (Å²) in [5, 5.41) is 0. The van der Waals surface area contributed by atoms with Crippen molar-refractivity contribution >= 4 is 46.7 Å². The molecule has 3 heteroatoms. The maximum absolute atomic E-state index is 3.74. The molecule has 10 aliphatic rings. The topological polar surface area (TPSA) is 0 Å². The molecule has 0 radical (unpaired) electrons. The summed E-state index contributed by atoms with van der Waals surface area (Å²) in [5.74, 6) is 0. The summed E-state index contributed by atoms with van der Waals surface area (Å²) in [5.41, 5.74) is 0. The van der Waals surface area contributed by atoms with Crippen LogP contribution in [0.2, 0.25) is 44.7 Å². The summed E-state index contributed by atoms with van der Waals surface area (Å²) in [6.45, 7) is -3.74. The summed E-state index contributed by atoms with van der Waals surface area (Å²) in [6, 6.07) is 48.8. The van der Waals surface area contributed by atoms with Gasteiger partial charge in [-0.3, -0.25) is 0 Å². The van der Waals surface area contributed by atoms with Gasteiger partial charge >= 0.3 is 219 Å². The Morgan fingerprint density at radius 2 is 0.649 bits per heavy atom. The van der Waals surface area contributed by atoms with Crippen LogP contribution in [0.3, 0.4) is 0 Å². The van der Waals surface area contributed by atoms with Crippen LogP contribution in [0, 0.1) is 0 Å². The second-order valence-electron chi connectivity index (χ2n) is 15.7. The van der Waals surface area contributed by atoms with Crippen molar-refractivity contribution in [3.05, 3.63) is 121 Å². The average Bonchev–Trinajstić information content (AvgIpc) is 3.92. The molecule has 0 bridgehead atoms. The quantitative estimate of drug-likeness (QED) is 0.233. The Hall–Kier alpha value is -1.48. The Labute approximate surface area is 217 Å². The Balaban J connectivity index is 1.17. The van der Waals surface area contributed by atoms with Crippen LogP contribution in [0.25, 0.3) is 0 Å². The van der Waals surface area contributed by atoms with Crippen molar-refractivity contribution in [3.63, 3.8) is 0 Å². The van der Waals surface area contributed by atoms with E-state index < -0.39 is 35.8 Å². The monoisotopic (exact) mass is 642 g/mol. The fourth-order valence-corrected chi connectivity index (χ4v) is 161. The van der Waals surface area contributed by atoms with Gasteiger partial charge in [-0.25, -0.2) is 0 Å². The molecule has 0 N–H and O–H groups in total. The minimum atomic E-state index is -3.74. The summed E-state index contributed by atoms with van der Waals surface area (Å²) in [6.07, 6.45) is 0. The first-order chi connectivity index (χ1) is 18.1. The van der Waals surface area contributed by atoms with Crippen LogP contribution in [0.15, 0.2) is 121 Å². The van der Waals surface area contributed by atoms with Gasteiger partial charge in [-0.1, -0.05) is 0 Å². The molecule has 182 valence electrons. The zero-order valence-electron chi connectivity index (χ0n) is 20.4. The SMILES string of the molecule is c1ccc([As](c2ccccc2)[C]23[CH]4[CH]5[CH]6[C]2([As](c2ccccc2)c2ccccc2)[Fe]54632789[CH]3[CH]2[CH]7[CH]8[CH]39)cc1. The van der Waals surface area contributed by atoms with Crippen molar-refractivity contribution in [1.82, 2.24) is 0 Å². The molecule has 4 aromatic carbocycles. The van der Waals surface area contributed by atoms with Gasteiger partial charge in [0.1, 0.15) is 0 Å². The normalized spacial score (nSPS) is 63.1. The Bertz CT molecular complexity index is 1900. The van der Waals surface area contributed by atoms with Crippen molar-refractivity contribution in [3.8, 4) is 0 Å². The summed E-state index contributed by atoms with van der Waals surface area (Å²) < 4.78 is 8.95. The zero-order valence-corrected chi connectivity index (χ0v) is 25.3. The van der Waals surface area contributed by atoms with E-state index in [0.717, 1.165) is 6.20 Å². The molecule has 0 aromatic heterocycles. The van der Waals surface area contributed by atoms with Crippen LogP contribution in [0.4, 0.5) is 0 Å². The van der Waals surface area contributed by atoms with E-state index in [4.69, 9.17) is 0 Å². The first kappa shape index (κ1) is 18.0. The molecule has 10 aliphatic heterocycles. The van der Waals surface area contributed by atoms with Gasteiger partial charge < -0.3 is 0 Å². The number of benzene rings is 4. The third kappa shape index (κ3) is 0.448. The molecule has 0 amide bonds. The maximum atomic E-state index is 2.59. The summed E-state index contributed by atoms with van der Waals surface area (Å²) >= 11 is -2.96. The first-order valence-electron chi connectivity index (χ1n) is 14.1. The van der Waals surface area contributed by atoms with Gasteiger partial charge in [0.15, 0.2) is 0 Å². The third-order valence-electron chi connectivity index (χ3n) is 19.4. The zero-order chi connectivity index (χ0) is 23.5. The van der Waals surface area contributed by atoms with Gasteiger partial charge in [0.05, 0.1) is 0 Å². The molecule has 4 unspecified atom stereocenters. The van der Waals surface area contributed by atoms with Crippen LogP contribution in [0.1, 0.15) is 0 Å². The van der Waals surface area contributed by atoms with Crippen LogP contribution < -0.4 is 17.4 Å². The number of hydrogen-bond acceptors (Lipinski definition) is 0. The minimum absolute atomic E-state index is 0.855. The van der Waals surface area contributed by atoms with Crippen LogP contribution >= 0.6 is 0 Å². The van der Waals surface area contributed by atoms with Gasteiger partial charge in [-0.15, -0.1) is 0 Å². The van der Waals surface area contributed by atoms with E-state index in [0.29, 0.717) is 0 Å². The second kappa shape index (κ2) is 2.81. The van der Waals surface area contributed by atoms with Crippen molar-refractivity contribution in [2.24, 2.45) is 0 Å². The van der Waals surface area contributed by atoms with Crippen LogP contribution in [-0.4, -0.2) is 29.3 Å². The van der Waals surface area contributed by atoms with Gasteiger partial charge in [-0.05, 0) is 0 Å². The second-order valence-corrected chi connectivity index (χ2v) is 50.7. The van der Waals surface area contributed by atoms with E-state index in [-0.39, 0.29) is 0 Å². The van der Waals surface area contributed by atoms with Gasteiger partial charge in [-0.2, -0.15) is 0 Å². The number of hydrogen-bond donors (Lipinski definition) is 0. The standard InChI is InChI=1S/C29H23As2.C5H5.Fe/c1-5-14-24(15-6-1)30(25-16-7-2-8-17-25)28-22-13-23-29(28)31(26-18-9-3-10-19-26)27-20-11-4-12-21-27;1-2-4-5-3-1;/h1-23H;1-5H;. The molecule has 37 heavy (non-hydrogen) atoms. The van der Waals surface area contributed by atoms with Gasteiger partial charge in [0.25, 0.3) is 0 Å². The van der Waals surface area contributed by atoms with Crippen LogP contribution in [0.5, 0.6) is 0 Å². The van der Waals surface area contributed by atoms with Crippen molar-refractivity contribution in [2.45, 2.75) is 44.7 Å². The molecule has 10 fully saturated rings. The van der Waals surface area contributed by atoms with E-state index in [2.05, 4.69) is 121 Å². The molecule has 10 heterocycles. The summed E-state index contributed by atoms with van der Waals surface area (Å²) in [7, 11) is 0. The molecule has 1 spiro atoms. The van der Waals surface area contributed by atoms with Gasteiger partial charge in [0.2, 0.25) is 0 Å². The number of fused-ring (bicyclic) bond motifs is 10. The Kier molecular flexibility index (Phi) is 1.36. The van der Waals surface area contributed by atoms with Crippen molar-refractivity contribution < 1.29 is 6.51 Å². The Morgan fingerprint density at radius 3 is 0.865 bits per heavy atom. The number of rotatable bonds is 6. The van der Waals surface area contributed by atoms with Crippen LogP contribution in [-0.2, 0) is 6.51 Å². The molecule has 4 aromatic rings. The molecule has 10 saturated heterocycles. The third-order valence-corrected chi connectivity index (χ3v) is 92.7. The fourth-order valence-electron chi connectivity index (χ4n) is 20.9. The van der Waals surface area contributed by atoms with E-state index in [1.807, 2.05) is 17.4 Å². The Morgan fingerprint density at radius 1 is 0.378 bits per heavy atom. The molecule has 14 rings (SSSR count). The van der Waals surface area contributed by atoms with Crippen molar-refractivity contribution in [2.75, 3.05) is 0 Å². The van der Waals surface area contributed by atoms with E-state index in [1.54, 1.807) is 0 Å². The molecule has 0 nitrogen and oxygen atoms in total. The fraction of sp³-hybridized carbons (Fsp3) is 0.294. The van der Waals surface area contributed by atoms with Gasteiger partial charge in [0, 0.05) is 0 Å². The molecular weight excluding hydrogens is 614 g/mol. The van der Waals surface area contributed by atoms with E-state index in [1.165, 1.54) is 38.5 Å². The molecule has 0 saturated carbocycles. The molecule has 0 aliphatic carbocycles. The molecule has 4 atom stereocenters. The van der Waals surface area contributed by atoms with E-state index in [9.17, 15) is 0 Å². The van der Waals surface area contributed by atoms with E-state index >= 15 is 0 Å². The average molecular weight is 642 g/mol. The molecular formula is C34H28As2Fe. The first-order valence-corrected chi connectivity index (χ1v) is 26.0. The summed E-state index contributed by atoms with van der Waals surface area (Å²) in [4.78, 5) is 10.6. The predicted molar refractivity (Wildman–Crippen MR) is 151 cm³/mol. The van der Waals surface area contributed by atoms with Crippen molar-refractivity contribution in [1.29, 1.82) is 0 Å². The predicted octanol–water partition coefficient (Wildman–Crippen LogP) is 5.81.